The third-order valence-corrected chi connectivity index (χ3v) is 2.34. The summed E-state index contributed by atoms with van der Waals surface area (Å²) in [5.41, 5.74) is 6.84. The number of nitrogens with two attached hydrogens (primary N) is 1. The monoisotopic (exact) mass is 223 g/mol. The molecule has 4 heteroatoms. The van der Waals surface area contributed by atoms with Gasteiger partial charge in [-0.25, -0.2) is 4.98 Å². The van der Waals surface area contributed by atoms with Crippen LogP contribution in [0.2, 0.25) is 0 Å². The summed E-state index contributed by atoms with van der Waals surface area (Å²) >= 11 is 0. The molecule has 1 heterocycles. The first-order chi connectivity index (χ1) is 7.76. The van der Waals surface area contributed by atoms with Crippen molar-refractivity contribution in [2.24, 2.45) is 0 Å². The normalized spacial score (nSPS) is 12.6. The first-order valence-electron chi connectivity index (χ1n) is 5.77. The van der Waals surface area contributed by atoms with Crippen LogP contribution in [-0.4, -0.2) is 30.8 Å². The van der Waals surface area contributed by atoms with Crippen LogP contribution in [0.25, 0.3) is 0 Å². The van der Waals surface area contributed by atoms with Gasteiger partial charge >= 0.3 is 0 Å². The van der Waals surface area contributed by atoms with Gasteiger partial charge in [0.1, 0.15) is 5.82 Å². The second kappa shape index (κ2) is 7.19. The Kier molecular flexibility index (Phi) is 5.82. The Morgan fingerprint density at radius 3 is 2.94 bits per heavy atom. The van der Waals surface area contributed by atoms with E-state index >= 15 is 0 Å². The minimum absolute atomic E-state index is 0.340. The third-order valence-electron chi connectivity index (χ3n) is 2.34. The number of rotatable bonds is 7. The van der Waals surface area contributed by atoms with E-state index in [1.54, 1.807) is 6.20 Å². The first kappa shape index (κ1) is 12.9. The fourth-order valence-electron chi connectivity index (χ4n) is 1.64. The maximum Gasteiger partial charge on any atom is 0.123 e. The molecule has 16 heavy (non-hydrogen) atoms. The first-order valence-corrected chi connectivity index (χ1v) is 5.77. The molecule has 0 bridgehead atoms. The number of anilines is 1. The molecule has 0 aliphatic rings. The van der Waals surface area contributed by atoms with Gasteiger partial charge in [-0.2, -0.15) is 0 Å². The molecule has 1 rings (SSSR count). The van der Waals surface area contributed by atoms with E-state index < -0.39 is 0 Å². The Labute approximate surface area is 97.2 Å². The SMILES string of the molecule is CCNC(COCC)Cc1ccnc(N)c1. The number of hydrogen-bond acceptors (Lipinski definition) is 4. The van der Waals surface area contributed by atoms with E-state index in [1.165, 1.54) is 5.56 Å². The smallest absolute Gasteiger partial charge is 0.123 e. The van der Waals surface area contributed by atoms with Crippen molar-refractivity contribution in [3.8, 4) is 0 Å². The van der Waals surface area contributed by atoms with Crippen LogP contribution in [0, 0.1) is 0 Å². The average molecular weight is 223 g/mol. The molecule has 0 fully saturated rings. The summed E-state index contributed by atoms with van der Waals surface area (Å²) in [4.78, 5) is 3.98. The molecular weight excluding hydrogens is 202 g/mol. The number of pyridine rings is 1. The van der Waals surface area contributed by atoms with Gasteiger partial charge in [0.2, 0.25) is 0 Å². The van der Waals surface area contributed by atoms with Crippen molar-refractivity contribution in [1.82, 2.24) is 10.3 Å². The van der Waals surface area contributed by atoms with Crippen molar-refractivity contribution in [3.05, 3.63) is 23.9 Å². The summed E-state index contributed by atoms with van der Waals surface area (Å²) in [5, 5.41) is 3.40. The van der Waals surface area contributed by atoms with Crippen LogP contribution in [0.3, 0.4) is 0 Å². The van der Waals surface area contributed by atoms with Crippen molar-refractivity contribution in [2.75, 3.05) is 25.5 Å². The van der Waals surface area contributed by atoms with Gasteiger partial charge in [-0.05, 0) is 37.6 Å². The zero-order chi connectivity index (χ0) is 11.8. The van der Waals surface area contributed by atoms with E-state index in [0.29, 0.717) is 11.9 Å². The molecule has 1 atom stereocenters. The highest BCUT2D eigenvalue weighted by atomic mass is 16.5. The largest absolute Gasteiger partial charge is 0.384 e. The molecule has 1 unspecified atom stereocenters. The number of hydrogen-bond donors (Lipinski definition) is 2. The molecule has 0 spiro atoms. The van der Waals surface area contributed by atoms with Crippen LogP contribution in [0.15, 0.2) is 18.3 Å². The van der Waals surface area contributed by atoms with Gasteiger partial charge in [0.25, 0.3) is 0 Å². The van der Waals surface area contributed by atoms with Crippen molar-refractivity contribution < 1.29 is 4.74 Å². The second-order valence-corrected chi connectivity index (χ2v) is 3.71. The molecule has 1 aromatic heterocycles. The summed E-state index contributed by atoms with van der Waals surface area (Å²) in [7, 11) is 0. The molecule has 4 nitrogen and oxygen atoms in total. The zero-order valence-electron chi connectivity index (χ0n) is 10.1. The zero-order valence-corrected chi connectivity index (χ0v) is 10.1. The fourth-order valence-corrected chi connectivity index (χ4v) is 1.64. The minimum Gasteiger partial charge on any atom is -0.384 e. The Balaban J connectivity index is 2.52. The van der Waals surface area contributed by atoms with E-state index in [0.717, 1.165) is 26.2 Å². The van der Waals surface area contributed by atoms with Gasteiger partial charge in [-0.1, -0.05) is 6.92 Å². The van der Waals surface area contributed by atoms with Crippen LogP contribution in [0.4, 0.5) is 5.82 Å². The Morgan fingerprint density at radius 2 is 2.31 bits per heavy atom. The highest BCUT2D eigenvalue weighted by Crippen LogP contribution is 2.06. The van der Waals surface area contributed by atoms with Gasteiger partial charge in [-0.15, -0.1) is 0 Å². The number of nitrogen functional groups attached to an aromatic ring is 1. The van der Waals surface area contributed by atoms with Crippen molar-refractivity contribution in [1.29, 1.82) is 0 Å². The molecular formula is C12H21N3O. The Morgan fingerprint density at radius 1 is 1.50 bits per heavy atom. The van der Waals surface area contributed by atoms with Crippen LogP contribution < -0.4 is 11.1 Å². The Hall–Kier alpha value is -1.13. The minimum atomic E-state index is 0.340. The van der Waals surface area contributed by atoms with Crippen LogP contribution in [0.5, 0.6) is 0 Å². The van der Waals surface area contributed by atoms with Gasteiger partial charge in [0.15, 0.2) is 0 Å². The van der Waals surface area contributed by atoms with Crippen molar-refractivity contribution >= 4 is 5.82 Å². The van der Waals surface area contributed by atoms with E-state index in [-0.39, 0.29) is 0 Å². The van der Waals surface area contributed by atoms with Crippen molar-refractivity contribution in [3.63, 3.8) is 0 Å². The summed E-state index contributed by atoms with van der Waals surface area (Å²) in [6, 6.07) is 4.25. The molecule has 0 aliphatic carbocycles. The van der Waals surface area contributed by atoms with Gasteiger partial charge in [-0.3, -0.25) is 0 Å². The number of nitrogens with zero attached hydrogens (tertiary/aromatic N) is 1. The highest BCUT2D eigenvalue weighted by Gasteiger charge is 2.08. The summed E-state index contributed by atoms with van der Waals surface area (Å²) in [5.74, 6) is 0.573. The summed E-state index contributed by atoms with van der Waals surface area (Å²) in [6.07, 6.45) is 2.66. The fraction of sp³-hybridized carbons (Fsp3) is 0.583. The number of nitrogens with one attached hydrogen (secondary N) is 1. The molecule has 90 valence electrons. The van der Waals surface area contributed by atoms with Gasteiger partial charge in [0, 0.05) is 18.8 Å². The van der Waals surface area contributed by atoms with Crippen LogP contribution >= 0.6 is 0 Å². The topological polar surface area (TPSA) is 60.2 Å². The van der Waals surface area contributed by atoms with Gasteiger partial charge in [0.05, 0.1) is 6.61 Å². The highest BCUT2D eigenvalue weighted by molar-refractivity contribution is 5.32. The van der Waals surface area contributed by atoms with E-state index in [2.05, 4.69) is 17.2 Å². The molecule has 0 saturated carbocycles. The second-order valence-electron chi connectivity index (χ2n) is 3.71. The lowest BCUT2D eigenvalue weighted by molar-refractivity contribution is 0.123. The van der Waals surface area contributed by atoms with Crippen LogP contribution in [-0.2, 0) is 11.2 Å². The molecule has 0 radical (unpaired) electrons. The van der Waals surface area contributed by atoms with Crippen LogP contribution in [0.1, 0.15) is 19.4 Å². The predicted molar refractivity (Wildman–Crippen MR) is 66.3 cm³/mol. The quantitative estimate of drug-likeness (QED) is 0.729. The number of aromatic nitrogens is 1. The molecule has 3 N–H and O–H groups in total. The summed E-state index contributed by atoms with van der Waals surface area (Å²) in [6.45, 7) is 6.53. The molecule has 0 aliphatic heterocycles. The van der Waals surface area contributed by atoms with Crippen molar-refractivity contribution in [2.45, 2.75) is 26.3 Å². The molecule has 0 amide bonds. The lowest BCUT2D eigenvalue weighted by atomic mass is 10.1. The lowest BCUT2D eigenvalue weighted by Gasteiger charge is -2.17. The molecule has 1 aromatic rings. The summed E-state index contributed by atoms with van der Waals surface area (Å²) < 4.78 is 5.44. The maximum absolute atomic E-state index is 5.65. The third kappa shape index (κ3) is 4.59. The maximum atomic E-state index is 5.65. The lowest BCUT2D eigenvalue weighted by Crippen LogP contribution is -2.35. The predicted octanol–water partition coefficient (Wildman–Crippen LogP) is 1.22. The molecule has 0 saturated heterocycles. The average Bonchev–Trinajstić information content (AvgIpc) is 2.26. The van der Waals surface area contributed by atoms with E-state index in [9.17, 15) is 0 Å². The molecule has 0 aromatic carbocycles. The Bertz CT molecular complexity index is 304. The van der Waals surface area contributed by atoms with E-state index in [4.69, 9.17) is 10.5 Å². The number of likely N-dealkylation sites (N-methyl/N-ethyl adjacent to an activating group) is 1. The van der Waals surface area contributed by atoms with E-state index in [1.807, 2.05) is 19.1 Å². The standard InChI is InChI=1S/C12H21N3O/c1-3-14-11(9-16-4-2)7-10-5-6-15-12(13)8-10/h5-6,8,11,14H,3-4,7,9H2,1-2H3,(H2,13,15). The van der Waals surface area contributed by atoms with Gasteiger partial charge < -0.3 is 15.8 Å². The number of ether oxygens (including phenoxy) is 1.